The van der Waals surface area contributed by atoms with Crippen LogP contribution in [0.5, 0.6) is 0 Å². The maximum atomic E-state index is 12.4. The first kappa shape index (κ1) is 24.8. The van der Waals surface area contributed by atoms with E-state index in [0.717, 1.165) is 0 Å². The average molecular weight is 454 g/mol. The second kappa shape index (κ2) is 8.20. The minimum Gasteiger partial charge on any atom is -0.414 e. The van der Waals surface area contributed by atoms with E-state index in [9.17, 15) is 14.9 Å². The molecule has 1 N–H and O–H groups in total. The van der Waals surface area contributed by atoms with Crippen LogP contribution in [0.1, 0.15) is 39.0 Å². The van der Waals surface area contributed by atoms with Crippen LogP contribution in [0.15, 0.2) is 15.8 Å². The van der Waals surface area contributed by atoms with Crippen molar-refractivity contribution < 1.29 is 13.6 Å². The summed E-state index contributed by atoms with van der Waals surface area (Å²) < 4.78 is 20.2. The molecule has 10 heteroatoms. The van der Waals surface area contributed by atoms with E-state index in [2.05, 4.69) is 44.9 Å². The minimum atomic E-state index is -2.12. The third kappa shape index (κ3) is 5.20. The molecule has 0 spiro atoms. The molecule has 30 heavy (non-hydrogen) atoms. The summed E-state index contributed by atoms with van der Waals surface area (Å²) in [7, 11) is -4.21. The van der Waals surface area contributed by atoms with Crippen LogP contribution in [-0.4, -0.2) is 44.5 Å². The van der Waals surface area contributed by atoms with E-state index in [1.807, 2.05) is 19.6 Å². The lowest BCUT2D eigenvalue weighted by molar-refractivity contribution is -0.0555. The molecule has 0 aromatic carbocycles. The summed E-state index contributed by atoms with van der Waals surface area (Å²) >= 11 is 0. The lowest BCUT2D eigenvalue weighted by atomic mass is 9.97. The van der Waals surface area contributed by atoms with Gasteiger partial charge in [0.1, 0.15) is 12.3 Å². The van der Waals surface area contributed by atoms with Crippen LogP contribution in [0.25, 0.3) is 0 Å². The topological polar surface area (TPSA) is 106 Å². The lowest BCUT2D eigenvalue weighted by Gasteiger charge is -2.39. The summed E-state index contributed by atoms with van der Waals surface area (Å²) in [5.41, 5.74) is -1.83. The van der Waals surface area contributed by atoms with Crippen molar-refractivity contribution in [3.63, 3.8) is 0 Å². The number of hydrogen-bond acceptors (Lipinski definition) is 6. The van der Waals surface area contributed by atoms with Crippen LogP contribution in [0.2, 0.25) is 37.8 Å². The Labute approximate surface area is 180 Å². The molecule has 168 valence electrons. The molecule has 2 heterocycles. The number of ether oxygens (including phenoxy) is 1. The molecular formula is C20H35N3O5Si2. The fourth-order valence-corrected chi connectivity index (χ4v) is 5.53. The standard InChI is InChI=1S/C20H35N3O5Si2/c1-14-11-23(18(25)22-17(14)24)16-10-20(13-21,28-29(5,6)7)15(27-16)12-26-30(8,9)19(2,3)4/h11,15-16H,10,12H2,1-9H3,(H,22,24,25)/t15-,16-,20+/m1/s1. The van der Waals surface area contributed by atoms with Gasteiger partial charge in [-0.1, -0.05) is 20.8 Å². The molecule has 1 fully saturated rings. The first-order chi connectivity index (χ1) is 13.5. The Morgan fingerprint density at radius 3 is 2.40 bits per heavy atom. The van der Waals surface area contributed by atoms with Gasteiger partial charge in [0.15, 0.2) is 22.2 Å². The second-order valence-corrected chi connectivity index (χ2v) is 19.8. The van der Waals surface area contributed by atoms with Gasteiger partial charge in [0, 0.05) is 18.2 Å². The molecule has 1 aromatic rings. The Morgan fingerprint density at radius 1 is 1.30 bits per heavy atom. The highest BCUT2D eigenvalue weighted by Gasteiger charge is 2.54. The van der Waals surface area contributed by atoms with Gasteiger partial charge in [-0.3, -0.25) is 14.3 Å². The summed E-state index contributed by atoms with van der Waals surface area (Å²) in [6, 6.07) is 2.34. The van der Waals surface area contributed by atoms with E-state index in [1.165, 1.54) is 10.8 Å². The zero-order valence-electron chi connectivity index (χ0n) is 19.6. The summed E-state index contributed by atoms with van der Waals surface area (Å²) in [6.07, 6.45) is 0.286. The van der Waals surface area contributed by atoms with E-state index in [4.69, 9.17) is 13.6 Å². The van der Waals surface area contributed by atoms with Crippen molar-refractivity contribution in [2.75, 3.05) is 6.61 Å². The number of rotatable bonds is 6. The number of aromatic amines is 1. The van der Waals surface area contributed by atoms with Gasteiger partial charge in [-0.15, -0.1) is 0 Å². The Hall–Kier alpha value is -1.52. The van der Waals surface area contributed by atoms with Crippen molar-refractivity contribution in [3.8, 4) is 6.07 Å². The van der Waals surface area contributed by atoms with Crippen LogP contribution < -0.4 is 11.2 Å². The summed E-state index contributed by atoms with van der Waals surface area (Å²) in [5, 5.41) is 10.2. The Balaban J connectivity index is 2.42. The maximum Gasteiger partial charge on any atom is 0.330 e. The zero-order valence-corrected chi connectivity index (χ0v) is 21.6. The Bertz CT molecular complexity index is 936. The Kier molecular flexibility index (Phi) is 6.77. The molecule has 1 aromatic heterocycles. The monoisotopic (exact) mass is 453 g/mol. The van der Waals surface area contributed by atoms with Crippen molar-refractivity contribution >= 4 is 16.6 Å². The SMILES string of the molecule is Cc1cn([C@H]2C[C@@](C#N)(O[Si](C)(C)C)[C@@H](CO[Si](C)(C)C(C)(C)C)O2)c(=O)[nH]c1=O. The molecular weight excluding hydrogens is 418 g/mol. The van der Waals surface area contributed by atoms with Gasteiger partial charge in [0.2, 0.25) is 0 Å². The molecule has 2 rings (SSSR count). The largest absolute Gasteiger partial charge is 0.414 e. The van der Waals surface area contributed by atoms with Crippen LogP contribution >= 0.6 is 0 Å². The van der Waals surface area contributed by atoms with Crippen LogP contribution in [-0.2, 0) is 13.6 Å². The number of aromatic nitrogens is 2. The predicted octanol–water partition coefficient (Wildman–Crippen LogP) is 3.27. The van der Waals surface area contributed by atoms with Gasteiger partial charge in [-0.05, 0) is 44.7 Å². The first-order valence-electron chi connectivity index (χ1n) is 10.2. The molecule has 3 atom stereocenters. The number of H-pyrrole nitrogens is 1. The molecule has 0 saturated carbocycles. The smallest absolute Gasteiger partial charge is 0.330 e. The Morgan fingerprint density at radius 2 is 1.90 bits per heavy atom. The molecule has 1 aliphatic heterocycles. The molecule has 0 amide bonds. The minimum absolute atomic E-state index is 0.00686. The fraction of sp³-hybridized carbons (Fsp3) is 0.750. The molecule has 0 radical (unpaired) electrons. The molecule has 0 bridgehead atoms. The van der Waals surface area contributed by atoms with E-state index in [-0.39, 0.29) is 18.1 Å². The second-order valence-electron chi connectivity index (χ2n) is 10.5. The third-order valence-electron chi connectivity index (χ3n) is 5.85. The van der Waals surface area contributed by atoms with Gasteiger partial charge >= 0.3 is 5.69 Å². The highest BCUT2D eigenvalue weighted by Crippen LogP contribution is 2.42. The van der Waals surface area contributed by atoms with E-state index < -0.39 is 45.8 Å². The van der Waals surface area contributed by atoms with Gasteiger partial charge in [0.25, 0.3) is 5.56 Å². The summed E-state index contributed by atoms with van der Waals surface area (Å²) in [4.78, 5) is 26.5. The number of nitriles is 1. The van der Waals surface area contributed by atoms with Gasteiger partial charge < -0.3 is 13.6 Å². The lowest BCUT2D eigenvalue weighted by Crippen LogP contribution is -2.51. The molecule has 1 aliphatic rings. The van der Waals surface area contributed by atoms with Crippen molar-refractivity contribution in [1.29, 1.82) is 5.26 Å². The predicted molar refractivity (Wildman–Crippen MR) is 121 cm³/mol. The maximum absolute atomic E-state index is 12.4. The summed E-state index contributed by atoms with van der Waals surface area (Å²) in [5.74, 6) is 0. The average Bonchev–Trinajstić information content (AvgIpc) is 2.92. The molecule has 0 unspecified atom stereocenters. The highest BCUT2D eigenvalue weighted by molar-refractivity contribution is 6.74. The summed E-state index contributed by atoms with van der Waals surface area (Å²) in [6.45, 7) is 18.6. The van der Waals surface area contributed by atoms with E-state index in [0.29, 0.717) is 5.56 Å². The molecule has 1 saturated heterocycles. The third-order valence-corrected chi connectivity index (χ3v) is 11.3. The van der Waals surface area contributed by atoms with Gasteiger partial charge in [-0.2, -0.15) is 5.26 Å². The molecule has 8 nitrogen and oxygen atoms in total. The van der Waals surface area contributed by atoms with Crippen molar-refractivity contribution in [3.05, 3.63) is 32.6 Å². The number of hydrogen-bond donors (Lipinski definition) is 1. The zero-order chi connectivity index (χ0) is 23.1. The fourth-order valence-electron chi connectivity index (χ4n) is 3.17. The van der Waals surface area contributed by atoms with Crippen molar-refractivity contribution in [1.82, 2.24) is 9.55 Å². The highest BCUT2D eigenvalue weighted by atomic mass is 28.4. The quantitative estimate of drug-likeness (QED) is 0.663. The van der Waals surface area contributed by atoms with Crippen molar-refractivity contribution in [2.45, 2.75) is 89.8 Å². The first-order valence-corrected chi connectivity index (χ1v) is 16.6. The van der Waals surface area contributed by atoms with E-state index >= 15 is 0 Å². The van der Waals surface area contributed by atoms with Crippen LogP contribution in [0.4, 0.5) is 0 Å². The normalized spacial score (nSPS) is 25.3. The molecule has 0 aliphatic carbocycles. The van der Waals surface area contributed by atoms with Gasteiger partial charge in [-0.25, -0.2) is 4.79 Å². The van der Waals surface area contributed by atoms with Gasteiger partial charge in [0.05, 0.1) is 12.7 Å². The van der Waals surface area contributed by atoms with Crippen LogP contribution in [0, 0.1) is 18.3 Å². The number of nitrogens with zero attached hydrogens (tertiary/aromatic N) is 2. The van der Waals surface area contributed by atoms with Crippen molar-refractivity contribution in [2.24, 2.45) is 0 Å². The number of aryl methyl sites for hydroxylation is 1. The van der Waals surface area contributed by atoms with Crippen LogP contribution in [0.3, 0.4) is 0 Å². The van der Waals surface area contributed by atoms with E-state index in [1.54, 1.807) is 6.92 Å². The number of nitrogens with one attached hydrogen (secondary N) is 1.